The van der Waals surface area contributed by atoms with E-state index in [1.54, 1.807) is 18.2 Å². The minimum Gasteiger partial charge on any atom is -0.478 e. The third kappa shape index (κ3) is 2.90. The molecule has 3 rings (SSSR count). The minimum atomic E-state index is -0.996. The third-order valence-corrected chi connectivity index (χ3v) is 4.72. The van der Waals surface area contributed by atoms with E-state index in [4.69, 9.17) is 18.8 Å². The van der Waals surface area contributed by atoms with Crippen molar-refractivity contribution in [3.63, 3.8) is 0 Å². The van der Waals surface area contributed by atoms with Gasteiger partial charge in [-0.25, -0.2) is 4.79 Å². The Labute approximate surface area is 135 Å². The fraction of sp³-hybridized carbons (Fsp3) is 0.562. The fourth-order valence-corrected chi connectivity index (χ4v) is 2.63. The quantitative estimate of drug-likeness (QED) is 0.855. The number of hydrogen-bond acceptors (Lipinski definition) is 5. The van der Waals surface area contributed by atoms with Crippen molar-refractivity contribution in [2.24, 2.45) is 0 Å². The van der Waals surface area contributed by atoms with Gasteiger partial charge in [0.05, 0.1) is 30.0 Å². The van der Waals surface area contributed by atoms with E-state index in [1.807, 2.05) is 27.7 Å². The second-order valence-corrected chi connectivity index (χ2v) is 6.81. The van der Waals surface area contributed by atoms with Crippen LogP contribution in [0, 0.1) is 0 Å². The van der Waals surface area contributed by atoms with Crippen molar-refractivity contribution in [2.75, 3.05) is 13.2 Å². The maximum Gasteiger partial charge on any atom is 0.495 e. The standard InChI is InChI=1S/C16H21BO6/c1-15(2)16(3,4)23-17(22-15)12-6-5-10(13(18)19)9-11(12)14-20-7-8-21-14/h5-6,9,14H,7-8H2,1-4H3,(H,18,19). The van der Waals surface area contributed by atoms with E-state index < -0.39 is 30.6 Å². The summed E-state index contributed by atoms with van der Waals surface area (Å²) in [7, 11) is -0.592. The Balaban J connectivity index is 2.00. The van der Waals surface area contributed by atoms with Crippen LogP contribution in [0.15, 0.2) is 18.2 Å². The first kappa shape index (κ1) is 16.5. The molecule has 2 fully saturated rings. The SMILES string of the molecule is CC1(C)OB(c2ccc(C(=O)O)cc2C2OCCO2)OC1(C)C. The molecule has 0 amide bonds. The van der Waals surface area contributed by atoms with Crippen LogP contribution < -0.4 is 5.46 Å². The minimum absolute atomic E-state index is 0.180. The highest BCUT2D eigenvalue weighted by Crippen LogP contribution is 2.37. The molecule has 2 aliphatic rings. The highest BCUT2D eigenvalue weighted by Gasteiger charge is 2.52. The first-order valence-corrected chi connectivity index (χ1v) is 7.67. The third-order valence-electron chi connectivity index (χ3n) is 4.72. The average Bonchev–Trinajstić information content (AvgIpc) is 3.05. The average molecular weight is 320 g/mol. The molecule has 0 unspecified atom stereocenters. The van der Waals surface area contributed by atoms with Crippen molar-refractivity contribution >= 4 is 18.6 Å². The summed E-state index contributed by atoms with van der Waals surface area (Å²) in [6.07, 6.45) is -0.594. The molecule has 2 aliphatic heterocycles. The molecule has 6 nitrogen and oxygen atoms in total. The number of carboxylic acid groups (broad SMARTS) is 1. The lowest BCUT2D eigenvalue weighted by Crippen LogP contribution is -2.41. The van der Waals surface area contributed by atoms with E-state index in [0.29, 0.717) is 18.8 Å². The number of aromatic carboxylic acids is 1. The number of ether oxygens (including phenoxy) is 2. The zero-order valence-corrected chi connectivity index (χ0v) is 13.8. The van der Waals surface area contributed by atoms with Gasteiger partial charge in [0.1, 0.15) is 0 Å². The highest BCUT2D eigenvalue weighted by atomic mass is 16.7. The zero-order chi connectivity index (χ0) is 16.8. The molecule has 0 saturated carbocycles. The van der Waals surface area contributed by atoms with Gasteiger partial charge in [-0.05, 0) is 45.3 Å². The van der Waals surface area contributed by atoms with Gasteiger partial charge in [0, 0.05) is 5.56 Å². The van der Waals surface area contributed by atoms with Crippen LogP contribution in [0.5, 0.6) is 0 Å². The van der Waals surface area contributed by atoms with Gasteiger partial charge < -0.3 is 23.9 Å². The molecular formula is C16H21BO6. The van der Waals surface area contributed by atoms with E-state index in [9.17, 15) is 9.90 Å². The van der Waals surface area contributed by atoms with Crippen LogP contribution in [0.1, 0.15) is 49.9 Å². The Morgan fingerprint density at radius 2 is 1.70 bits per heavy atom. The lowest BCUT2D eigenvalue weighted by atomic mass is 9.75. The van der Waals surface area contributed by atoms with Gasteiger partial charge >= 0.3 is 13.1 Å². The number of hydrogen-bond donors (Lipinski definition) is 1. The molecule has 0 aromatic heterocycles. The second-order valence-electron chi connectivity index (χ2n) is 6.81. The molecule has 0 spiro atoms. The Bertz CT molecular complexity index is 605. The van der Waals surface area contributed by atoms with Crippen LogP contribution in [0.4, 0.5) is 0 Å². The summed E-state index contributed by atoms with van der Waals surface area (Å²) in [6.45, 7) is 8.85. The van der Waals surface area contributed by atoms with Gasteiger partial charge in [0.15, 0.2) is 6.29 Å². The van der Waals surface area contributed by atoms with Gasteiger partial charge in [-0.1, -0.05) is 6.07 Å². The Morgan fingerprint density at radius 3 is 2.22 bits per heavy atom. The van der Waals surface area contributed by atoms with Gasteiger partial charge in [-0.2, -0.15) is 0 Å². The smallest absolute Gasteiger partial charge is 0.478 e. The summed E-state index contributed by atoms with van der Waals surface area (Å²) < 4.78 is 23.2. The maximum absolute atomic E-state index is 11.3. The molecule has 23 heavy (non-hydrogen) atoms. The second kappa shape index (κ2) is 5.59. The van der Waals surface area contributed by atoms with Crippen molar-refractivity contribution in [2.45, 2.75) is 45.2 Å². The van der Waals surface area contributed by atoms with E-state index in [0.717, 1.165) is 5.46 Å². The van der Waals surface area contributed by atoms with Crippen LogP contribution in [0.3, 0.4) is 0 Å². The van der Waals surface area contributed by atoms with E-state index in [2.05, 4.69) is 0 Å². The summed E-state index contributed by atoms with van der Waals surface area (Å²) in [4.78, 5) is 11.3. The summed E-state index contributed by atoms with van der Waals surface area (Å²) in [6, 6.07) is 4.83. The van der Waals surface area contributed by atoms with Gasteiger partial charge in [-0.15, -0.1) is 0 Å². The molecule has 0 aliphatic carbocycles. The number of carboxylic acids is 1. The molecule has 0 bridgehead atoms. The van der Waals surface area contributed by atoms with Crippen LogP contribution in [-0.4, -0.2) is 42.6 Å². The van der Waals surface area contributed by atoms with Gasteiger partial charge in [0.2, 0.25) is 0 Å². The lowest BCUT2D eigenvalue weighted by Gasteiger charge is -2.32. The van der Waals surface area contributed by atoms with E-state index in [1.165, 1.54) is 0 Å². The van der Waals surface area contributed by atoms with Crippen LogP contribution in [0.2, 0.25) is 0 Å². The summed E-state index contributed by atoms with van der Waals surface area (Å²) in [5.74, 6) is -0.996. The van der Waals surface area contributed by atoms with Crippen LogP contribution in [-0.2, 0) is 18.8 Å². The molecule has 124 valence electrons. The van der Waals surface area contributed by atoms with Crippen molar-refractivity contribution in [1.82, 2.24) is 0 Å². The molecule has 1 aromatic carbocycles. The molecule has 7 heteroatoms. The predicted octanol–water partition coefficient (Wildman–Crippen LogP) is 1.73. The molecule has 1 aromatic rings. The fourth-order valence-electron chi connectivity index (χ4n) is 2.63. The summed E-state index contributed by atoms with van der Waals surface area (Å²) in [5.41, 5.74) is 0.607. The first-order valence-electron chi connectivity index (χ1n) is 7.67. The van der Waals surface area contributed by atoms with E-state index >= 15 is 0 Å². The largest absolute Gasteiger partial charge is 0.495 e. The van der Waals surface area contributed by atoms with Crippen molar-refractivity contribution < 1.29 is 28.7 Å². The van der Waals surface area contributed by atoms with Crippen molar-refractivity contribution in [3.8, 4) is 0 Å². The van der Waals surface area contributed by atoms with Gasteiger partial charge in [0.25, 0.3) is 0 Å². The predicted molar refractivity (Wildman–Crippen MR) is 83.8 cm³/mol. The van der Waals surface area contributed by atoms with Crippen molar-refractivity contribution in [3.05, 3.63) is 29.3 Å². The molecule has 0 atom stereocenters. The van der Waals surface area contributed by atoms with Crippen LogP contribution >= 0.6 is 0 Å². The topological polar surface area (TPSA) is 74.2 Å². The molecule has 1 N–H and O–H groups in total. The molecule has 0 radical (unpaired) electrons. The highest BCUT2D eigenvalue weighted by molar-refractivity contribution is 6.62. The maximum atomic E-state index is 11.3. The Hall–Kier alpha value is -1.41. The normalized spacial score (nSPS) is 23.4. The lowest BCUT2D eigenvalue weighted by molar-refractivity contribution is -0.0435. The molecule has 2 heterocycles. The van der Waals surface area contributed by atoms with Crippen molar-refractivity contribution in [1.29, 1.82) is 0 Å². The Morgan fingerprint density at radius 1 is 1.13 bits per heavy atom. The van der Waals surface area contributed by atoms with E-state index in [-0.39, 0.29) is 5.56 Å². The number of carbonyl (C=O) groups is 1. The monoisotopic (exact) mass is 320 g/mol. The van der Waals surface area contributed by atoms with Crippen LogP contribution in [0.25, 0.3) is 0 Å². The first-order chi connectivity index (χ1) is 10.7. The number of benzene rings is 1. The van der Waals surface area contributed by atoms with Gasteiger partial charge in [-0.3, -0.25) is 0 Å². The molecular weight excluding hydrogens is 299 g/mol. The Kier molecular flexibility index (Phi) is 4.00. The number of rotatable bonds is 3. The zero-order valence-electron chi connectivity index (χ0n) is 13.8. The summed E-state index contributed by atoms with van der Waals surface area (Å²) in [5, 5.41) is 9.23. The summed E-state index contributed by atoms with van der Waals surface area (Å²) >= 11 is 0. The molecule has 2 saturated heterocycles.